The third-order valence-corrected chi connectivity index (χ3v) is 3.54. The van der Waals surface area contributed by atoms with Crippen LogP contribution in [0.15, 0.2) is 46.0 Å². The molecule has 110 valence electrons. The molecule has 0 atom stereocenters. The van der Waals surface area contributed by atoms with E-state index in [1.165, 1.54) is 12.1 Å². The topological polar surface area (TPSA) is 70.6 Å². The molecule has 21 heavy (non-hydrogen) atoms. The van der Waals surface area contributed by atoms with E-state index in [2.05, 4.69) is 26.4 Å². The summed E-state index contributed by atoms with van der Waals surface area (Å²) in [6.45, 7) is 2.42. The molecule has 0 heterocycles. The number of halogens is 2. The van der Waals surface area contributed by atoms with Crippen molar-refractivity contribution in [3.05, 3.63) is 63.4 Å². The maximum absolute atomic E-state index is 13.6. The minimum absolute atomic E-state index is 0.116. The summed E-state index contributed by atoms with van der Waals surface area (Å²) in [7, 11) is 0. The Kier molecular flexibility index (Phi) is 4.80. The average Bonchev–Trinajstić information content (AvgIpc) is 2.46. The molecule has 2 aromatic carbocycles. The average molecular weight is 352 g/mol. The first kappa shape index (κ1) is 15.3. The van der Waals surface area contributed by atoms with Crippen molar-refractivity contribution in [2.75, 3.05) is 5.32 Å². The third kappa shape index (κ3) is 3.95. The zero-order valence-electron chi connectivity index (χ0n) is 11.4. The van der Waals surface area contributed by atoms with Gasteiger partial charge in [-0.1, -0.05) is 27.2 Å². The van der Waals surface area contributed by atoms with E-state index in [0.29, 0.717) is 17.7 Å². The predicted octanol–water partition coefficient (Wildman–Crippen LogP) is 3.60. The zero-order valence-corrected chi connectivity index (χ0v) is 13.0. The molecule has 0 aliphatic heterocycles. The molecule has 4 N–H and O–H groups in total. The van der Waals surface area contributed by atoms with Crippen molar-refractivity contribution in [2.24, 2.45) is 10.9 Å². The van der Waals surface area contributed by atoms with Crippen molar-refractivity contribution in [3.63, 3.8) is 0 Å². The van der Waals surface area contributed by atoms with Crippen LogP contribution in [0, 0.1) is 12.7 Å². The number of amidine groups is 1. The number of hydrogen-bond donors (Lipinski definition) is 3. The summed E-state index contributed by atoms with van der Waals surface area (Å²) in [6.07, 6.45) is 0. The molecule has 2 aromatic rings. The SMILES string of the molecule is Cc1ccc(Br)cc1NCc1cc(F)cc(/C(N)=N/O)c1. The van der Waals surface area contributed by atoms with E-state index in [0.717, 1.165) is 15.7 Å². The molecule has 0 aliphatic carbocycles. The molecule has 0 bridgehead atoms. The van der Waals surface area contributed by atoms with Crippen LogP contribution < -0.4 is 11.1 Å². The van der Waals surface area contributed by atoms with Crippen LogP contribution in [-0.2, 0) is 6.54 Å². The molecule has 0 unspecified atom stereocenters. The van der Waals surface area contributed by atoms with Gasteiger partial charge in [-0.15, -0.1) is 0 Å². The number of aryl methyl sites for hydroxylation is 1. The number of nitrogens with two attached hydrogens (primary N) is 1. The molecule has 0 saturated carbocycles. The Balaban J connectivity index is 2.20. The Hall–Kier alpha value is -2.08. The Morgan fingerprint density at radius 2 is 2.10 bits per heavy atom. The first-order valence-corrected chi connectivity index (χ1v) is 7.06. The fourth-order valence-corrected chi connectivity index (χ4v) is 2.30. The Labute approximate surface area is 130 Å². The largest absolute Gasteiger partial charge is 0.409 e. The molecule has 0 aromatic heterocycles. The van der Waals surface area contributed by atoms with Crippen LogP contribution in [0.25, 0.3) is 0 Å². The quantitative estimate of drug-likeness (QED) is 0.341. The lowest BCUT2D eigenvalue weighted by molar-refractivity contribution is 0.318. The lowest BCUT2D eigenvalue weighted by Crippen LogP contribution is -2.14. The summed E-state index contributed by atoms with van der Waals surface area (Å²) in [5, 5.41) is 14.8. The predicted molar refractivity (Wildman–Crippen MR) is 85.1 cm³/mol. The standard InChI is InChI=1S/C15H15BrFN3O/c1-9-2-3-12(16)7-14(9)19-8-10-4-11(15(18)20-21)6-13(17)5-10/h2-7,19,21H,8H2,1H3,(H2,18,20). The number of rotatable bonds is 4. The Morgan fingerprint density at radius 3 is 2.81 bits per heavy atom. The van der Waals surface area contributed by atoms with Crippen LogP contribution in [0.3, 0.4) is 0 Å². The van der Waals surface area contributed by atoms with Crippen LogP contribution in [0.4, 0.5) is 10.1 Å². The summed E-state index contributed by atoms with van der Waals surface area (Å²) in [4.78, 5) is 0. The van der Waals surface area contributed by atoms with E-state index in [4.69, 9.17) is 10.9 Å². The Bertz CT molecular complexity index is 689. The van der Waals surface area contributed by atoms with Gasteiger partial charge in [0.05, 0.1) is 0 Å². The molecule has 0 aliphatic rings. The summed E-state index contributed by atoms with van der Waals surface area (Å²) in [5.41, 5.74) is 8.59. The van der Waals surface area contributed by atoms with Crippen molar-refractivity contribution in [3.8, 4) is 0 Å². The van der Waals surface area contributed by atoms with Crippen LogP contribution in [0.2, 0.25) is 0 Å². The Morgan fingerprint density at radius 1 is 1.33 bits per heavy atom. The lowest BCUT2D eigenvalue weighted by atomic mass is 10.1. The smallest absolute Gasteiger partial charge is 0.170 e. The van der Waals surface area contributed by atoms with Gasteiger partial charge in [0.25, 0.3) is 0 Å². The molecule has 2 rings (SSSR count). The molecule has 0 fully saturated rings. The van der Waals surface area contributed by atoms with Gasteiger partial charge in [-0.3, -0.25) is 0 Å². The van der Waals surface area contributed by atoms with Gasteiger partial charge in [-0.25, -0.2) is 4.39 Å². The minimum Gasteiger partial charge on any atom is -0.409 e. The highest BCUT2D eigenvalue weighted by Gasteiger charge is 2.06. The van der Waals surface area contributed by atoms with Crippen LogP contribution in [-0.4, -0.2) is 11.0 Å². The van der Waals surface area contributed by atoms with Crippen molar-refractivity contribution < 1.29 is 9.60 Å². The summed E-state index contributed by atoms with van der Waals surface area (Å²) < 4.78 is 14.5. The van der Waals surface area contributed by atoms with Gasteiger partial charge in [-0.05, 0) is 48.4 Å². The van der Waals surface area contributed by atoms with Gasteiger partial charge in [0.2, 0.25) is 0 Å². The monoisotopic (exact) mass is 351 g/mol. The normalized spacial score (nSPS) is 11.5. The number of anilines is 1. The van der Waals surface area contributed by atoms with E-state index in [-0.39, 0.29) is 5.84 Å². The molecule has 0 spiro atoms. The van der Waals surface area contributed by atoms with Gasteiger partial charge in [0.1, 0.15) is 5.82 Å². The molecule has 4 nitrogen and oxygen atoms in total. The molecular formula is C15H15BrFN3O. The zero-order chi connectivity index (χ0) is 15.4. The van der Waals surface area contributed by atoms with Crippen molar-refractivity contribution >= 4 is 27.5 Å². The van der Waals surface area contributed by atoms with Crippen molar-refractivity contribution in [1.82, 2.24) is 0 Å². The number of hydrogen-bond acceptors (Lipinski definition) is 3. The van der Waals surface area contributed by atoms with Crippen LogP contribution >= 0.6 is 15.9 Å². The number of nitrogens with zero attached hydrogens (tertiary/aromatic N) is 1. The van der Waals surface area contributed by atoms with Gasteiger partial charge >= 0.3 is 0 Å². The third-order valence-electron chi connectivity index (χ3n) is 3.04. The van der Waals surface area contributed by atoms with Crippen LogP contribution in [0.5, 0.6) is 0 Å². The summed E-state index contributed by atoms with van der Waals surface area (Å²) in [6, 6.07) is 10.2. The number of benzene rings is 2. The first-order chi connectivity index (χ1) is 9.99. The number of nitrogens with one attached hydrogen (secondary N) is 1. The van der Waals surface area contributed by atoms with E-state index in [1.807, 2.05) is 25.1 Å². The van der Waals surface area contributed by atoms with Gasteiger partial charge < -0.3 is 16.3 Å². The maximum Gasteiger partial charge on any atom is 0.170 e. The highest BCUT2D eigenvalue weighted by atomic mass is 79.9. The second-order valence-electron chi connectivity index (χ2n) is 4.65. The summed E-state index contributed by atoms with van der Waals surface area (Å²) >= 11 is 3.41. The molecule has 0 radical (unpaired) electrons. The minimum atomic E-state index is -0.429. The molecule has 6 heteroatoms. The second-order valence-corrected chi connectivity index (χ2v) is 5.56. The molecular weight excluding hydrogens is 337 g/mol. The summed E-state index contributed by atoms with van der Waals surface area (Å²) in [5.74, 6) is -0.545. The lowest BCUT2D eigenvalue weighted by Gasteiger charge is -2.11. The fourth-order valence-electron chi connectivity index (χ4n) is 1.94. The van der Waals surface area contributed by atoms with Gasteiger partial charge in [0, 0.05) is 22.3 Å². The van der Waals surface area contributed by atoms with E-state index in [1.54, 1.807) is 6.07 Å². The second kappa shape index (κ2) is 6.58. The fraction of sp³-hybridized carbons (Fsp3) is 0.133. The van der Waals surface area contributed by atoms with Crippen LogP contribution in [0.1, 0.15) is 16.7 Å². The van der Waals surface area contributed by atoms with Gasteiger partial charge in [0.15, 0.2) is 5.84 Å². The maximum atomic E-state index is 13.6. The number of oxime groups is 1. The van der Waals surface area contributed by atoms with Crippen molar-refractivity contribution in [1.29, 1.82) is 0 Å². The highest BCUT2D eigenvalue weighted by Crippen LogP contribution is 2.21. The van der Waals surface area contributed by atoms with E-state index < -0.39 is 5.82 Å². The van der Waals surface area contributed by atoms with Gasteiger partial charge in [-0.2, -0.15) is 0 Å². The first-order valence-electron chi connectivity index (χ1n) is 6.27. The molecule has 0 saturated heterocycles. The van der Waals surface area contributed by atoms with E-state index >= 15 is 0 Å². The highest BCUT2D eigenvalue weighted by molar-refractivity contribution is 9.10. The van der Waals surface area contributed by atoms with E-state index in [9.17, 15) is 4.39 Å². The van der Waals surface area contributed by atoms with Crippen molar-refractivity contribution in [2.45, 2.75) is 13.5 Å². The molecule has 0 amide bonds.